The lowest BCUT2D eigenvalue weighted by molar-refractivity contribution is -0.134. The normalized spacial score (nSPS) is 14.4. The lowest BCUT2D eigenvalue weighted by atomic mass is 10.2. The fraction of sp³-hybridized carbons (Fsp3) is 0.500. The molecule has 108 valence electrons. The maximum absolute atomic E-state index is 12.3. The van der Waals surface area contributed by atoms with Gasteiger partial charge in [-0.15, -0.1) is 0 Å². The molecule has 0 bridgehead atoms. The Bertz CT molecular complexity index is 493. The van der Waals surface area contributed by atoms with E-state index in [-0.39, 0.29) is 18.2 Å². The van der Waals surface area contributed by atoms with Gasteiger partial charge in [0.2, 0.25) is 11.8 Å². The minimum atomic E-state index is -0.116. The first kappa shape index (κ1) is 14.6. The average molecular weight is 274 g/mol. The van der Waals surface area contributed by atoms with Crippen LogP contribution in [-0.2, 0) is 9.59 Å². The van der Waals surface area contributed by atoms with Crippen LogP contribution < -0.4 is 4.90 Å². The van der Waals surface area contributed by atoms with E-state index < -0.39 is 0 Å². The molecular formula is C16H22N2O2. The van der Waals surface area contributed by atoms with Gasteiger partial charge >= 0.3 is 0 Å². The number of benzene rings is 1. The molecule has 1 aliphatic heterocycles. The predicted molar refractivity (Wildman–Crippen MR) is 79.6 cm³/mol. The van der Waals surface area contributed by atoms with Gasteiger partial charge in [-0.1, -0.05) is 12.1 Å². The van der Waals surface area contributed by atoms with Gasteiger partial charge in [-0.2, -0.15) is 0 Å². The second-order valence-electron chi connectivity index (χ2n) is 5.24. The third-order valence-electron chi connectivity index (χ3n) is 3.69. The summed E-state index contributed by atoms with van der Waals surface area (Å²) in [5, 5.41) is 0. The minimum absolute atomic E-state index is 0.0260. The summed E-state index contributed by atoms with van der Waals surface area (Å²) in [4.78, 5) is 27.9. The quantitative estimate of drug-likeness (QED) is 0.791. The molecule has 1 aromatic rings. The van der Waals surface area contributed by atoms with E-state index in [1.165, 1.54) is 0 Å². The monoisotopic (exact) mass is 274 g/mol. The maximum Gasteiger partial charge on any atom is 0.236 e. The largest absolute Gasteiger partial charge is 0.342 e. The SMILES string of the molecule is CCN(C(=O)CC(=O)N1CCCC1)c1cccc(C)c1. The van der Waals surface area contributed by atoms with E-state index in [0.717, 1.165) is 37.2 Å². The van der Waals surface area contributed by atoms with E-state index in [9.17, 15) is 9.59 Å². The molecule has 0 atom stereocenters. The van der Waals surface area contributed by atoms with E-state index in [0.29, 0.717) is 6.54 Å². The van der Waals surface area contributed by atoms with Crippen LogP contribution >= 0.6 is 0 Å². The summed E-state index contributed by atoms with van der Waals surface area (Å²) >= 11 is 0. The van der Waals surface area contributed by atoms with Crippen LogP contribution in [0.1, 0.15) is 31.7 Å². The molecule has 0 aromatic heterocycles. The molecule has 1 aliphatic rings. The highest BCUT2D eigenvalue weighted by atomic mass is 16.2. The predicted octanol–water partition coefficient (Wildman–Crippen LogP) is 2.36. The summed E-state index contributed by atoms with van der Waals surface area (Å²) in [5.74, 6) is -0.159. The van der Waals surface area contributed by atoms with Crippen LogP contribution in [-0.4, -0.2) is 36.3 Å². The molecule has 0 aliphatic carbocycles. The molecule has 2 rings (SSSR count). The highest BCUT2D eigenvalue weighted by Crippen LogP contribution is 2.17. The van der Waals surface area contributed by atoms with Crippen LogP contribution in [0, 0.1) is 6.92 Å². The second-order valence-corrected chi connectivity index (χ2v) is 5.24. The van der Waals surface area contributed by atoms with Crippen LogP contribution in [0.4, 0.5) is 5.69 Å². The Labute approximate surface area is 120 Å². The minimum Gasteiger partial charge on any atom is -0.342 e. The van der Waals surface area contributed by atoms with E-state index in [1.807, 2.05) is 38.1 Å². The van der Waals surface area contributed by atoms with Gasteiger partial charge in [0.15, 0.2) is 0 Å². The lowest BCUT2D eigenvalue weighted by Gasteiger charge is -2.23. The van der Waals surface area contributed by atoms with Gasteiger partial charge in [-0.25, -0.2) is 0 Å². The first-order chi connectivity index (χ1) is 9.61. The van der Waals surface area contributed by atoms with Crippen molar-refractivity contribution in [2.24, 2.45) is 0 Å². The highest BCUT2D eigenvalue weighted by molar-refractivity contribution is 6.05. The number of nitrogens with zero attached hydrogens (tertiary/aromatic N) is 2. The standard InChI is InChI=1S/C16H22N2O2/c1-3-18(14-8-6-7-13(2)11-14)16(20)12-15(19)17-9-4-5-10-17/h6-8,11H,3-5,9-10,12H2,1-2H3. The highest BCUT2D eigenvalue weighted by Gasteiger charge is 2.23. The summed E-state index contributed by atoms with van der Waals surface area (Å²) in [6, 6.07) is 7.82. The maximum atomic E-state index is 12.3. The molecule has 0 saturated carbocycles. The van der Waals surface area contributed by atoms with Gasteiger partial charge in [0, 0.05) is 25.3 Å². The second kappa shape index (κ2) is 6.55. The first-order valence-corrected chi connectivity index (χ1v) is 7.26. The van der Waals surface area contributed by atoms with Crippen molar-refractivity contribution >= 4 is 17.5 Å². The Hall–Kier alpha value is -1.84. The molecule has 4 nitrogen and oxygen atoms in total. The van der Waals surface area contributed by atoms with Crippen molar-refractivity contribution in [2.45, 2.75) is 33.1 Å². The van der Waals surface area contributed by atoms with Crippen molar-refractivity contribution in [2.75, 3.05) is 24.5 Å². The van der Waals surface area contributed by atoms with Gasteiger partial charge < -0.3 is 9.80 Å². The summed E-state index contributed by atoms with van der Waals surface area (Å²) in [6.45, 7) is 6.10. The van der Waals surface area contributed by atoms with Crippen molar-refractivity contribution in [3.05, 3.63) is 29.8 Å². The molecule has 0 unspecified atom stereocenters. The Morgan fingerprint density at radius 1 is 1.25 bits per heavy atom. The van der Waals surface area contributed by atoms with E-state index >= 15 is 0 Å². The van der Waals surface area contributed by atoms with Gasteiger partial charge in [0.1, 0.15) is 6.42 Å². The first-order valence-electron chi connectivity index (χ1n) is 7.26. The number of carbonyl (C=O) groups is 2. The van der Waals surface area contributed by atoms with Gasteiger partial charge in [0.25, 0.3) is 0 Å². The molecule has 0 spiro atoms. The van der Waals surface area contributed by atoms with E-state index in [2.05, 4.69) is 0 Å². The van der Waals surface area contributed by atoms with E-state index in [1.54, 1.807) is 9.80 Å². The van der Waals surface area contributed by atoms with E-state index in [4.69, 9.17) is 0 Å². The number of aryl methyl sites for hydroxylation is 1. The number of amides is 2. The van der Waals surface area contributed by atoms with Crippen molar-refractivity contribution in [3.8, 4) is 0 Å². The fourth-order valence-corrected chi connectivity index (χ4v) is 2.60. The Balaban J connectivity index is 2.03. The molecule has 2 amide bonds. The number of hydrogen-bond acceptors (Lipinski definition) is 2. The molecule has 0 radical (unpaired) electrons. The zero-order chi connectivity index (χ0) is 14.5. The molecule has 0 N–H and O–H groups in total. The summed E-state index contributed by atoms with van der Waals surface area (Å²) in [5.41, 5.74) is 1.98. The Kier molecular flexibility index (Phi) is 4.77. The lowest BCUT2D eigenvalue weighted by Crippen LogP contribution is -2.37. The van der Waals surface area contributed by atoms with Crippen molar-refractivity contribution in [1.29, 1.82) is 0 Å². The third-order valence-corrected chi connectivity index (χ3v) is 3.69. The summed E-state index contributed by atoms with van der Waals surface area (Å²) in [7, 11) is 0. The van der Waals surface area contributed by atoms with Gasteiger partial charge in [-0.3, -0.25) is 9.59 Å². The Morgan fingerprint density at radius 2 is 1.95 bits per heavy atom. The molecule has 1 aromatic carbocycles. The number of likely N-dealkylation sites (tertiary alicyclic amines) is 1. The van der Waals surface area contributed by atoms with Gasteiger partial charge in [-0.05, 0) is 44.4 Å². The number of carbonyl (C=O) groups excluding carboxylic acids is 2. The Morgan fingerprint density at radius 3 is 2.55 bits per heavy atom. The van der Waals surface area contributed by atoms with Gasteiger partial charge in [0.05, 0.1) is 0 Å². The molecule has 1 heterocycles. The molecule has 20 heavy (non-hydrogen) atoms. The van der Waals surface area contributed by atoms with Crippen LogP contribution in [0.2, 0.25) is 0 Å². The number of anilines is 1. The van der Waals surface area contributed by atoms with Crippen molar-refractivity contribution in [1.82, 2.24) is 4.90 Å². The number of rotatable bonds is 4. The molecular weight excluding hydrogens is 252 g/mol. The zero-order valence-corrected chi connectivity index (χ0v) is 12.3. The zero-order valence-electron chi connectivity index (χ0n) is 12.3. The van der Waals surface area contributed by atoms with Crippen LogP contribution in [0.15, 0.2) is 24.3 Å². The van der Waals surface area contributed by atoms with Crippen LogP contribution in [0.5, 0.6) is 0 Å². The van der Waals surface area contributed by atoms with Crippen molar-refractivity contribution in [3.63, 3.8) is 0 Å². The smallest absolute Gasteiger partial charge is 0.236 e. The van der Waals surface area contributed by atoms with Crippen LogP contribution in [0.25, 0.3) is 0 Å². The topological polar surface area (TPSA) is 40.6 Å². The number of hydrogen-bond donors (Lipinski definition) is 0. The third kappa shape index (κ3) is 3.38. The molecule has 4 heteroatoms. The molecule has 1 fully saturated rings. The van der Waals surface area contributed by atoms with Crippen molar-refractivity contribution < 1.29 is 9.59 Å². The summed E-state index contributed by atoms with van der Waals surface area (Å²) < 4.78 is 0. The average Bonchev–Trinajstić information content (AvgIpc) is 2.93. The molecule has 1 saturated heterocycles. The summed E-state index contributed by atoms with van der Waals surface area (Å²) in [6.07, 6.45) is 2.08. The van der Waals surface area contributed by atoms with Crippen LogP contribution in [0.3, 0.4) is 0 Å². The fourth-order valence-electron chi connectivity index (χ4n) is 2.60.